The summed E-state index contributed by atoms with van der Waals surface area (Å²) in [7, 11) is 0. The molecule has 0 radical (unpaired) electrons. The Morgan fingerprint density at radius 3 is 2.57 bits per heavy atom. The SMILES string of the molecule is CCc1ccc(N2CCN(C[C@@H](O)COc3ccc4c(c3)CCC(=O)N4)CC2)cc1. The third-order valence-electron chi connectivity index (χ3n) is 5.97. The van der Waals surface area contributed by atoms with Crippen LogP contribution >= 0.6 is 0 Å². The lowest BCUT2D eigenvalue weighted by atomic mass is 10.0. The number of benzene rings is 2. The average Bonchev–Trinajstić information content (AvgIpc) is 2.78. The molecule has 6 heteroatoms. The fourth-order valence-electron chi connectivity index (χ4n) is 4.12. The average molecular weight is 410 g/mol. The molecule has 0 bridgehead atoms. The van der Waals surface area contributed by atoms with E-state index in [4.69, 9.17) is 4.74 Å². The normalized spacial score (nSPS) is 17.9. The molecule has 2 aromatic carbocycles. The molecule has 0 unspecified atom stereocenters. The first-order valence-electron chi connectivity index (χ1n) is 10.9. The van der Waals surface area contributed by atoms with Gasteiger partial charge in [-0.1, -0.05) is 19.1 Å². The van der Waals surface area contributed by atoms with Gasteiger partial charge < -0.3 is 20.1 Å². The van der Waals surface area contributed by atoms with Crippen LogP contribution in [0.4, 0.5) is 11.4 Å². The summed E-state index contributed by atoms with van der Waals surface area (Å²) in [5.41, 5.74) is 4.59. The highest BCUT2D eigenvalue weighted by Crippen LogP contribution is 2.27. The van der Waals surface area contributed by atoms with E-state index in [1.165, 1.54) is 11.3 Å². The zero-order valence-electron chi connectivity index (χ0n) is 17.6. The molecule has 2 heterocycles. The Morgan fingerprint density at radius 2 is 1.83 bits per heavy atom. The molecule has 160 valence electrons. The smallest absolute Gasteiger partial charge is 0.224 e. The van der Waals surface area contributed by atoms with Crippen molar-refractivity contribution in [1.82, 2.24) is 4.90 Å². The number of ether oxygens (including phenoxy) is 1. The minimum Gasteiger partial charge on any atom is -0.491 e. The maximum atomic E-state index is 11.5. The minimum atomic E-state index is -0.531. The van der Waals surface area contributed by atoms with Gasteiger partial charge in [0.05, 0.1) is 0 Å². The first-order valence-corrected chi connectivity index (χ1v) is 10.9. The first kappa shape index (κ1) is 20.7. The summed E-state index contributed by atoms with van der Waals surface area (Å²) >= 11 is 0. The monoisotopic (exact) mass is 409 g/mol. The van der Waals surface area contributed by atoms with Crippen LogP contribution in [0.15, 0.2) is 42.5 Å². The van der Waals surface area contributed by atoms with Gasteiger partial charge in [-0.05, 0) is 54.3 Å². The largest absolute Gasteiger partial charge is 0.491 e. The van der Waals surface area contributed by atoms with Crippen LogP contribution in [0, 0.1) is 0 Å². The molecule has 6 nitrogen and oxygen atoms in total. The molecule has 0 spiro atoms. The maximum Gasteiger partial charge on any atom is 0.224 e. The molecule has 2 aliphatic rings. The van der Waals surface area contributed by atoms with Gasteiger partial charge in [0.15, 0.2) is 0 Å². The van der Waals surface area contributed by atoms with Crippen molar-refractivity contribution in [2.75, 3.05) is 49.5 Å². The van der Waals surface area contributed by atoms with Gasteiger partial charge in [-0.3, -0.25) is 9.69 Å². The standard InChI is InChI=1S/C24H31N3O3/c1-2-18-3-6-20(7-4-18)27-13-11-26(12-14-27)16-21(28)17-30-22-8-9-23-19(15-22)5-10-24(29)25-23/h3-4,6-9,15,21,28H,2,5,10-14,16-17H2,1H3,(H,25,29)/t21-/m1/s1. The number of hydrogen-bond acceptors (Lipinski definition) is 5. The van der Waals surface area contributed by atoms with Crippen LogP contribution in [-0.2, 0) is 17.6 Å². The van der Waals surface area contributed by atoms with E-state index in [9.17, 15) is 9.90 Å². The summed E-state index contributed by atoms with van der Waals surface area (Å²) in [4.78, 5) is 16.2. The molecule has 0 saturated carbocycles. The zero-order valence-corrected chi connectivity index (χ0v) is 17.6. The third-order valence-corrected chi connectivity index (χ3v) is 5.97. The van der Waals surface area contributed by atoms with Crippen LogP contribution in [0.25, 0.3) is 0 Å². The van der Waals surface area contributed by atoms with E-state index in [2.05, 4.69) is 46.3 Å². The highest BCUT2D eigenvalue weighted by Gasteiger charge is 2.20. The van der Waals surface area contributed by atoms with Gasteiger partial charge in [0.1, 0.15) is 18.5 Å². The number of nitrogens with one attached hydrogen (secondary N) is 1. The molecule has 1 atom stereocenters. The number of carbonyl (C=O) groups is 1. The van der Waals surface area contributed by atoms with E-state index in [0.29, 0.717) is 13.0 Å². The second-order valence-electron chi connectivity index (χ2n) is 8.14. The second-order valence-corrected chi connectivity index (χ2v) is 8.14. The van der Waals surface area contributed by atoms with Crippen molar-refractivity contribution >= 4 is 17.3 Å². The summed E-state index contributed by atoms with van der Waals surface area (Å²) in [6.07, 6.45) is 1.77. The van der Waals surface area contributed by atoms with Crippen molar-refractivity contribution in [3.8, 4) is 5.75 Å². The maximum absolute atomic E-state index is 11.5. The number of amides is 1. The highest BCUT2D eigenvalue weighted by molar-refractivity contribution is 5.94. The molecule has 1 saturated heterocycles. The fourth-order valence-corrected chi connectivity index (χ4v) is 4.12. The van der Waals surface area contributed by atoms with Crippen molar-refractivity contribution in [2.24, 2.45) is 0 Å². The van der Waals surface area contributed by atoms with Gasteiger partial charge in [-0.15, -0.1) is 0 Å². The molecule has 2 aromatic rings. The van der Waals surface area contributed by atoms with Crippen molar-refractivity contribution < 1.29 is 14.6 Å². The van der Waals surface area contributed by atoms with Crippen molar-refractivity contribution in [1.29, 1.82) is 0 Å². The number of fused-ring (bicyclic) bond motifs is 1. The van der Waals surface area contributed by atoms with Crippen LogP contribution in [0.2, 0.25) is 0 Å². The van der Waals surface area contributed by atoms with Gasteiger partial charge in [-0.25, -0.2) is 0 Å². The van der Waals surface area contributed by atoms with Crippen LogP contribution in [-0.4, -0.2) is 61.3 Å². The molecule has 30 heavy (non-hydrogen) atoms. The summed E-state index contributed by atoms with van der Waals surface area (Å²) in [5.74, 6) is 0.800. The number of anilines is 2. The Bertz CT molecular complexity index is 860. The lowest BCUT2D eigenvalue weighted by molar-refractivity contribution is -0.116. The van der Waals surface area contributed by atoms with Crippen molar-refractivity contribution in [3.05, 3.63) is 53.6 Å². The van der Waals surface area contributed by atoms with E-state index in [0.717, 1.165) is 56.0 Å². The molecule has 4 rings (SSSR count). The molecule has 0 aromatic heterocycles. The summed E-state index contributed by atoms with van der Waals surface area (Å²) < 4.78 is 5.81. The number of β-amino-alcohol motifs (C(OH)–C–C–N with tert-alkyl or cyclic N) is 1. The molecule has 2 N–H and O–H groups in total. The Morgan fingerprint density at radius 1 is 1.07 bits per heavy atom. The highest BCUT2D eigenvalue weighted by atomic mass is 16.5. The van der Waals surface area contributed by atoms with Crippen LogP contribution in [0.5, 0.6) is 5.75 Å². The van der Waals surface area contributed by atoms with Gasteiger partial charge in [-0.2, -0.15) is 0 Å². The first-order chi connectivity index (χ1) is 14.6. The molecular formula is C24H31N3O3. The topological polar surface area (TPSA) is 65.0 Å². The van der Waals surface area contributed by atoms with Crippen LogP contribution in [0.3, 0.4) is 0 Å². The predicted molar refractivity (Wildman–Crippen MR) is 119 cm³/mol. The summed E-state index contributed by atoms with van der Waals surface area (Å²) in [5, 5.41) is 13.3. The zero-order chi connectivity index (χ0) is 20.9. The number of aliphatic hydroxyl groups excluding tert-OH is 1. The Kier molecular flexibility index (Phi) is 6.55. The molecule has 2 aliphatic heterocycles. The number of aliphatic hydroxyl groups is 1. The summed E-state index contributed by atoms with van der Waals surface area (Å²) in [6.45, 7) is 6.86. The van der Waals surface area contributed by atoms with Gasteiger partial charge in [0.25, 0.3) is 0 Å². The number of aryl methyl sites for hydroxylation is 2. The molecule has 0 aliphatic carbocycles. The lowest BCUT2D eigenvalue weighted by Gasteiger charge is -2.37. The van der Waals surface area contributed by atoms with Crippen LogP contribution < -0.4 is 15.0 Å². The van der Waals surface area contributed by atoms with Gasteiger partial charge in [0, 0.05) is 50.5 Å². The van der Waals surface area contributed by atoms with E-state index < -0.39 is 6.10 Å². The second kappa shape index (κ2) is 9.49. The van der Waals surface area contributed by atoms with E-state index in [1.807, 2.05) is 18.2 Å². The number of nitrogens with zero attached hydrogens (tertiary/aromatic N) is 2. The van der Waals surface area contributed by atoms with Gasteiger partial charge in [0.2, 0.25) is 5.91 Å². The van der Waals surface area contributed by atoms with Crippen molar-refractivity contribution in [3.63, 3.8) is 0 Å². The van der Waals surface area contributed by atoms with Crippen LogP contribution in [0.1, 0.15) is 24.5 Å². The van der Waals surface area contributed by atoms with E-state index in [-0.39, 0.29) is 12.5 Å². The minimum absolute atomic E-state index is 0.0599. The van der Waals surface area contributed by atoms with E-state index in [1.54, 1.807) is 0 Å². The van der Waals surface area contributed by atoms with Gasteiger partial charge >= 0.3 is 0 Å². The number of carbonyl (C=O) groups excluding carboxylic acids is 1. The molecule has 1 amide bonds. The van der Waals surface area contributed by atoms with Crippen molar-refractivity contribution in [2.45, 2.75) is 32.3 Å². The number of rotatable bonds is 7. The number of piperazine rings is 1. The fraction of sp³-hybridized carbons (Fsp3) is 0.458. The quantitative estimate of drug-likeness (QED) is 0.736. The lowest BCUT2D eigenvalue weighted by Crippen LogP contribution is -2.49. The Hall–Kier alpha value is -2.57. The number of hydrogen-bond donors (Lipinski definition) is 2. The third kappa shape index (κ3) is 5.12. The van der Waals surface area contributed by atoms with E-state index >= 15 is 0 Å². The molecular weight excluding hydrogens is 378 g/mol. The Balaban J connectivity index is 1.21. The Labute approximate surface area is 178 Å². The summed E-state index contributed by atoms with van der Waals surface area (Å²) in [6, 6.07) is 14.5. The molecule has 1 fully saturated rings. The predicted octanol–water partition coefficient (Wildman–Crippen LogP) is 2.70.